The molecule has 2 nitrogen and oxygen atoms in total. The maximum atomic E-state index is 5.45. The van der Waals surface area contributed by atoms with E-state index in [0.717, 1.165) is 24.6 Å². The molecule has 0 fully saturated rings. The van der Waals surface area contributed by atoms with Crippen molar-refractivity contribution in [1.82, 2.24) is 5.32 Å². The molecule has 1 N–H and O–H groups in total. The van der Waals surface area contributed by atoms with E-state index in [1.54, 1.807) is 6.26 Å². The molecule has 0 radical (unpaired) electrons. The van der Waals surface area contributed by atoms with Gasteiger partial charge >= 0.3 is 0 Å². The summed E-state index contributed by atoms with van der Waals surface area (Å²) in [5.74, 6) is 1.92. The molecule has 0 saturated heterocycles. The molecule has 1 rings (SSSR count). The van der Waals surface area contributed by atoms with Crippen molar-refractivity contribution in [3.8, 4) is 0 Å². The van der Waals surface area contributed by atoms with Crippen LogP contribution in [0.4, 0.5) is 0 Å². The molecule has 104 valence electrons. The summed E-state index contributed by atoms with van der Waals surface area (Å²) in [6, 6.07) is 4.41. The van der Waals surface area contributed by atoms with Crippen molar-refractivity contribution in [3.63, 3.8) is 0 Å². The summed E-state index contributed by atoms with van der Waals surface area (Å²) < 4.78 is 5.45. The van der Waals surface area contributed by atoms with E-state index in [-0.39, 0.29) is 0 Å². The zero-order valence-corrected chi connectivity index (χ0v) is 12.2. The molecule has 1 aromatic heterocycles. The zero-order chi connectivity index (χ0) is 13.2. The molecule has 2 heteroatoms. The highest BCUT2D eigenvalue weighted by molar-refractivity contribution is 5.03. The first-order chi connectivity index (χ1) is 8.74. The van der Waals surface area contributed by atoms with Crippen molar-refractivity contribution in [1.29, 1.82) is 0 Å². The highest BCUT2D eigenvalue weighted by atomic mass is 16.3. The van der Waals surface area contributed by atoms with Gasteiger partial charge in [-0.05, 0) is 37.4 Å². The van der Waals surface area contributed by atoms with Gasteiger partial charge in [0.05, 0.1) is 12.3 Å². The van der Waals surface area contributed by atoms with E-state index in [1.165, 1.54) is 32.1 Å². The summed E-state index contributed by atoms with van der Waals surface area (Å²) in [5.41, 5.74) is 0. The van der Waals surface area contributed by atoms with E-state index >= 15 is 0 Å². The van der Waals surface area contributed by atoms with Crippen LogP contribution < -0.4 is 5.32 Å². The molecule has 0 aliphatic carbocycles. The minimum Gasteiger partial charge on any atom is -0.468 e. The zero-order valence-electron chi connectivity index (χ0n) is 12.2. The van der Waals surface area contributed by atoms with Crippen LogP contribution in [0.2, 0.25) is 0 Å². The minimum atomic E-state index is 0.385. The molecular weight excluding hydrogens is 222 g/mol. The summed E-state index contributed by atoms with van der Waals surface area (Å²) in [4.78, 5) is 0. The number of furan rings is 1. The fourth-order valence-corrected chi connectivity index (χ4v) is 2.24. The van der Waals surface area contributed by atoms with Crippen molar-refractivity contribution in [2.24, 2.45) is 5.92 Å². The number of nitrogens with one attached hydrogen (secondary N) is 1. The summed E-state index contributed by atoms with van der Waals surface area (Å²) in [6.45, 7) is 7.90. The fourth-order valence-electron chi connectivity index (χ4n) is 2.24. The van der Waals surface area contributed by atoms with Crippen LogP contribution in [0, 0.1) is 5.92 Å². The van der Waals surface area contributed by atoms with Crippen LogP contribution in [0.3, 0.4) is 0 Å². The molecule has 0 amide bonds. The summed E-state index contributed by atoms with van der Waals surface area (Å²) in [6.07, 6.45) is 9.58. The molecule has 1 heterocycles. The Labute approximate surface area is 112 Å². The van der Waals surface area contributed by atoms with Gasteiger partial charge in [-0.25, -0.2) is 0 Å². The van der Waals surface area contributed by atoms with E-state index in [0.29, 0.717) is 6.04 Å². The molecule has 0 spiro atoms. The number of hydrogen-bond donors (Lipinski definition) is 1. The van der Waals surface area contributed by atoms with E-state index in [9.17, 15) is 0 Å². The predicted molar refractivity (Wildman–Crippen MR) is 77.7 cm³/mol. The first kappa shape index (κ1) is 15.3. The highest BCUT2D eigenvalue weighted by Gasteiger charge is 2.10. The monoisotopic (exact) mass is 251 g/mol. The Morgan fingerprint density at radius 1 is 1.17 bits per heavy atom. The van der Waals surface area contributed by atoms with Gasteiger partial charge < -0.3 is 9.73 Å². The number of unbranched alkanes of at least 4 members (excludes halogenated alkanes) is 3. The molecule has 0 saturated carbocycles. The van der Waals surface area contributed by atoms with Crippen molar-refractivity contribution < 1.29 is 4.42 Å². The average molecular weight is 251 g/mol. The summed E-state index contributed by atoms with van der Waals surface area (Å²) >= 11 is 0. The van der Waals surface area contributed by atoms with E-state index in [4.69, 9.17) is 4.42 Å². The number of rotatable bonds is 10. The SMILES string of the molecule is CCC(NCCCCCCC(C)C)c1ccco1. The Morgan fingerprint density at radius 3 is 2.56 bits per heavy atom. The van der Waals surface area contributed by atoms with Crippen LogP contribution in [0.25, 0.3) is 0 Å². The Balaban J connectivity index is 2.03. The topological polar surface area (TPSA) is 25.2 Å². The lowest BCUT2D eigenvalue weighted by Gasteiger charge is -2.14. The molecule has 0 aromatic carbocycles. The van der Waals surface area contributed by atoms with Gasteiger partial charge in [0.1, 0.15) is 5.76 Å². The van der Waals surface area contributed by atoms with Crippen LogP contribution in [-0.2, 0) is 0 Å². The van der Waals surface area contributed by atoms with Crippen LogP contribution in [0.5, 0.6) is 0 Å². The van der Waals surface area contributed by atoms with Crippen LogP contribution in [-0.4, -0.2) is 6.54 Å². The van der Waals surface area contributed by atoms with Crippen molar-refractivity contribution in [2.45, 2.75) is 65.3 Å². The maximum absolute atomic E-state index is 5.45. The molecule has 1 atom stereocenters. The van der Waals surface area contributed by atoms with Crippen LogP contribution >= 0.6 is 0 Å². The molecule has 0 bridgehead atoms. The number of hydrogen-bond acceptors (Lipinski definition) is 2. The third kappa shape index (κ3) is 6.25. The second-order valence-corrected chi connectivity index (χ2v) is 5.53. The highest BCUT2D eigenvalue weighted by Crippen LogP contribution is 2.16. The van der Waals surface area contributed by atoms with Crippen LogP contribution in [0.15, 0.2) is 22.8 Å². The first-order valence-electron chi connectivity index (χ1n) is 7.50. The van der Waals surface area contributed by atoms with Crippen LogP contribution in [0.1, 0.15) is 71.1 Å². The van der Waals surface area contributed by atoms with Gasteiger partial charge in [-0.3, -0.25) is 0 Å². The van der Waals surface area contributed by atoms with Gasteiger partial charge in [0.25, 0.3) is 0 Å². The second kappa shape index (κ2) is 9.21. The lowest BCUT2D eigenvalue weighted by Crippen LogP contribution is -2.21. The fraction of sp³-hybridized carbons (Fsp3) is 0.750. The summed E-state index contributed by atoms with van der Waals surface area (Å²) in [5, 5.41) is 3.58. The van der Waals surface area contributed by atoms with E-state index in [2.05, 4.69) is 32.2 Å². The van der Waals surface area contributed by atoms with Gasteiger partial charge in [0.15, 0.2) is 0 Å². The molecule has 1 aromatic rings. The predicted octanol–water partition coefficient (Wildman–Crippen LogP) is 4.93. The van der Waals surface area contributed by atoms with Gasteiger partial charge in [0.2, 0.25) is 0 Å². The van der Waals surface area contributed by atoms with Crippen molar-refractivity contribution >= 4 is 0 Å². The lowest BCUT2D eigenvalue weighted by atomic mass is 10.0. The van der Waals surface area contributed by atoms with Gasteiger partial charge in [0, 0.05) is 0 Å². The minimum absolute atomic E-state index is 0.385. The van der Waals surface area contributed by atoms with Gasteiger partial charge in [-0.2, -0.15) is 0 Å². The van der Waals surface area contributed by atoms with E-state index < -0.39 is 0 Å². The largest absolute Gasteiger partial charge is 0.468 e. The second-order valence-electron chi connectivity index (χ2n) is 5.53. The summed E-state index contributed by atoms with van der Waals surface area (Å²) in [7, 11) is 0. The maximum Gasteiger partial charge on any atom is 0.120 e. The lowest BCUT2D eigenvalue weighted by molar-refractivity contribution is 0.398. The Bertz CT molecular complexity index is 279. The first-order valence-corrected chi connectivity index (χ1v) is 7.50. The Morgan fingerprint density at radius 2 is 1.94 bits per heavy atom. The molecule has 18 heavy (non-hydrogen) atoms. The van der Waals surface area contributed by atoms with Gasteiger partial charge in [-0.1, -0.05) is 46.5 Å². The quantitative estimate of drug-likeness (QED) is 0.597. The molecule has 0 aliphatic heterocycles. The average Bonchev–Trinajstić information content (AvgIpc) is 2.86. The molecule has 1 unspecified atom stereocenters. The van der Waals surface area contributed by atoms with Crippen molar-refractivity contribution in [2.75, 3.05) is 6.54 Å². The third-order valence-corrected chi connectivity index (χ3v) is 3.39. The molecule has 0 aliphatic rings. The smallest absolute Gasteiger partial charge is 0.120 e. The molecular formula is C16H29NO. The standard InChI is InChI=1S/C16H29NO/c1-4-15(16-11-9-13-18-16)17-12-8-6-5-7-10-14(2)3/h9,11,13-15,17H,4-8,10,12H2,1-3H3. The van der Waals surface area contributed by atoms with Crippen molar-refractivity contribution in [3.05, 3.63) is 24.2 Å². The van der Waals surface area contributed by atoms with E-state index in [1.807, 2.05) is 6.07 Å². The van der Waals surface area contributed by atoms with Gasteiger partial charge in [-0.15, -0.1) is 0 Å². The third-order valence-electron chi connectivity index (χ3n) is 3.39. The normalized spacial score (nSPS) is 13.1. The Kier molecular flexibility index (Phi) is 7.83. The Hall–Kier alpha value is -0.760.